The molecule has 0 spiro atoms. The Bertz CT molecular complexity index is 542. The van der Waals surface area contributed by atoms with Crippen LogP contribution in [0.1, 0.15) is 11.1 Å². The lowest BCUT2D eigenvalue weighted by Gasteiger charge is -2.09. The lowest BCUT2D eigenvalue weighted by molar-refractivity contribution is 0.299. The topological polar surface area (TPSA) is 32.3 Å². The van der Waals surface area contributed by atoms with Gasteiger partial charge in [0.15, 0.2) is 0 Å². The molecule has 2 aromatic rings. The maximum Gasteiger partial charge on any atom is 0.124 e. The van der Waals surface area contributed by atoms with Gasteiger partial charge in [0.05, 0.1) is 0 Å². The summed E-state index contributed by atoms with van der Waals surface area (Å²) in [6.07, 6.45) is 0.657. The van der Waals surface area contributed by atoms with Crippen molar-refractivity contribution in [1.29, 1.82) is 0 Å². The molecule has 0 saturated heterocycles. The van der Waals surface area contributed by atoms with E-state index < -0.39 is 0 Å². The Labute approximate surface area is 116 Å². The second-order valence-electron chi connectivity index (χ2n) is 4.26. The highest BCUT2D eigenvalue weighted by Crippen LogP contribution is 2.19. The zero-order valence-corrected chi connectivity index (χ0v) is 11.1. The Hall–Kier alpha value is -1.58. The van der Waals surface area contributed by atoms with E-state index in [0.717, 1.165) is 16.8 Å². The van der Waals surface area contributed by atoms with Gasteiger partial charge in [0.25, 0.3) is 0 Å². The van der Waals surface area contributed by atoms with Crippen LogP contribution in [0.4, 0.5) is 10.1 Å². The first-order valence-corrected chi connectivity index (χ1v) is 6.44. The van der Waals surface area contributed by atoms with E-state index in [2.05, 4.69) is 5.32 Å². The van der Waals surface area contributed by atoms with Gasteiger partial charge in [-0.1, -0.05) is 29.8 Å². The van der Waals surface area contributed by atoms with Crippen molar-refractivity contribution in [2.45, 2.75) is 13.0 Å². The van der Waals surface area contributed by atoms with Gasteiger partial charge < -0.3 is 10.4 Å². The predicted octanol–water partition coefficient (Wildman–Crippen LogP) is 3.63. The number of halogens is 2. The number of aliphatic hydroxyl groups is 1. The van der Waals surface area contributed by atoms with Crippen molar-refractivity contribution in [3.8, 4) is 0 Å². The van der Waals surface area contributed by atoms with Gasteiger partial charge in [0, 0.05) is 23.9 Å². The molecule has 0 unspecified atom stereocenters. The maximum atomic E-state index is 12.9. The molecule has 4 heteroatoms. The fourth-order valence-electron chi connectivity index (χ4n) is 1.78. The van der Waals surface area contributed by atoms with Crippen LogP contribution in [0.5, 0.6) is 0 Å². The molecule has 2 N–H and O–H groups in total. The Morgan fingerprint density at radius 1 is 1.11 bits per heavy atom. The van der Waals surface area contributed by atoms with E-state index in [1.165, 1.54) is 12.1 Å². The first-order chi connectivity index (χ1) is 9.19. The molecule has 19 heavy (non-hydrogen) atoms. The van der Waals surface area contributed by atoms with Gasteiger partial charge in [-0.15, -0.1) is 0 Å². The van der Waals surface area contributed by atoms with E-state index in [0.29, 0.717) is 18.0 Å². The zero-order valence-electron chi connectivity index (χ0n) is 10.4. The maximum absolute atomic E-state index is 12.9. The van der Waals surface area contributed by atoms with Crippen molar-refractivity contribution >= 4 is 17.3 Å². The van der Waals surface area contributed by atoms with Crippen LogP contribution >= 0.6 is 11.6 Å². The molecule has 0 aliphatic rings. The second kappa shape index (κ2) is 6.55. The quantitative estimate of drug-likeness (QED) is 0.876. The number of hydrogen-bond acceptors (Lipinski definition) is 2. The van der Waals surface area contributed by atoms with Crippen LogP contribution in [0.3, 0.4) is 0 Å². The fourth-order valence-corrected chi connectivity index (χ4v) is 2.01. The molecule has 0 bridgehead atoms. The molecule has 0 fully saturated rings. The first-order valence-electron chi connectivity index (χ1n) is 6.06. The number of nitrogens with one attached hydrogen (secondary N) is 1. The molecule has 2 aromatic carbocycles. The first kappa shape index (κ1) is 13.8. The zero-order chi connectivity index (χ0) is 13.7. The minimum Gasteiger partial charge on any atom is -0.396 e. The molecule has 0 heterocycles. The third kappa shape index (κ3) is 3.94. The van der Waals surface area contributed by atoms with Crippen molar-refractivity contribution in [2.24, 2.45) is 0 Å². The summed E-state index contributed by atoms with van der Waals surface area (Å²) in [5.74, 6) is -0.331. The smallest absolute Gasteiger partial charge is 0.124 e. The van der Waals surface area contributed by atoms with Crippen LogP contribution in [0, 0.1) is 5.82 Å². The molecule has 2 rings (SSSR count). The van der Waals surface area contributed by atoms with E-state index >= 15 is 0 Å². The average molecular weight is 280 g/mol. The van der Waals surface area contributed by atoms with Gasteiger partial charge in [-0.2, -0.15) is 0 Å². The van der Waals surface area contributed by atoms with Crippen molar-refractivity contribution in [2.75, 3.05) is 11.9 Å². The summed E-state index contributed by atoms with van der Waals surface area (Å²) >= 11 is 5.95. The molecule has 2 nitrogen and oxygen atoms in total. The molecular weight excluding hydrogens is 265 g/mol. The summed E-state index contributed by atoms with van der Waals surface area (Å²) in [7, 11) is 0. The van der Waals surface area contributed by atoms with Gasteiger partial charge in [-0.25, -0.2) is 4.39 Å². The van der Waals surface area contributed by atoms with Gasteiger partial charge in [-0.3, -0.25) is 0 Å². The Balaban J connectivity index is 1.98. The number of hydrogen-bond donors (Lipinski definition) is 2. The molecule has 100 valence electrons. The van der Waals surface area contributed by atoms with E-state index in [4.69, 9.17) is 16.7 Å². The highest BCUT2D eigenvalue weighted by Gasteiger charge is 2.02. The fraction of sp³-hybridized carbons (Fsp3) is 0.200. The van der Waals surface area contributed by atoms with E-state index in [1.54, 1.807) is 6.07 Å². The lowest BCUT2D eigenvalue weighted by Crippen LogP contribution is -2.00. The molecule has 0 radical (unpaired) electrons. The minimum atomic E-state index is -0.331. The molecule has 0 aliphatic carbocycles. The standard InChI is InChI=1S/C15H15ClFNO/c16-15-9-13(17)4-3-12(15)10-18-14-5-1-11(2-6-14)7-8-19/h1-6,9,18-19H,7-8,10H2. The van der Waals surface area contributed by atoms with E-state index in [9.17, 15) is 4.39 Å². The number of rotatable bonds is 5. The van der Waals surface area contributed by atoms with Crippen LogP contribution in [0.2, 0.25) is 5.02 Å². The second-order valence-corrected chi connectivity index (χ2v) is 4.67. The highest BCUT2D eigenvalue weighted by atomic mass is 35.5. The minimum absolute atomic E-state index is 0.151. The van der Waals surface area contributed by atoms with Gasteiger partial charge in [-0.05, 0) is 41.8 Å². The summed E-state index contributed by atoms with van der Waals surface area (Å²) < 4.78 is 12.9. The van der Waals surface area contributed by atoms with Gasteiger partial charge in [0.1, 0.15) is 5.82 Å². The lowest BCUT2D eigenvalue weighted by atomic mass is 10.1. The number of aliphatic hydroxyl groups excluding tert-OH is 1. The summed E-state index contributed by atoms with van der Waals surface area (Å²) in [5, 5.41) is 12.5. The number of anilines is 1. The largest absolute Gasteiger partial charge is 0.396 e. The van der Waals surface area contributed by atoms with Crippen molar-refractivity contribution in [3.63, 3.8) is 0 Å². The molecular formula is C15H15ClFNO. The van der Waals surface area contributed by atoms with Gasteiger partial charge in [0.2, 0.25) is 0 Å². The molecule has 0 aromatic heterocycles. The van der Waals surface area contributed by atoms with Crippen molar-refractivity contribution < 1.29 is 9.50 Å². The normalized spacial score (nSPS) is 10.5. The van der Waals surface area contributed by atoms with Crippen molar-refractivity contribution in [3.05, 3.63) is 64.4 Å². The number of benzene rings is 2. The Kier molecular flexibility index (Phi) is 4.77. The van der Waals surface area contributed by atoms with Gasteiger partial charge >= 0.3 is 0 Å². The SMILES string of the molecule is OCCc1ccc(NCc2ccc(F)cc2Cl)cc1. The third-order valence-electron chi connectivity index (χ3n) is 2.85. The monoisotopic (exact) mass is 279 g/mol. The summed E-state index contributed by atoms with van der Waals surface area (Å²) in [6.45, 7) is 0.691. The molecule has 0 aliphatic heterocycles. The Morgan fingerprint density at radius 2 is 1.84 bits per heavy atom. The van der Waals surface area contributed by atoms with Crippen LogP contribution in [0.15, 0.2) is 42.5 Å². The third-order valence-corrected chi connectivity index (χ3v) is 3.20. The molecule has 0 amide bonds. The average Bonchev–Trinajstić information content (AvgIpc) is 2.40. The van der Waals surface area contributed by atoms with Crippen molar-refractivity contribution in [1.82, 2.24) is 0 Å². The Morgan fingerprint density at radius 3 is 2.47 bits per heavy atom. The summed E-state index contributed by atoms with van der Waals surface area (Å²) in [4.78, 5) is 0. The summed E-state index contributed by atoms with van der Waals surface area (Å²) in [6, 6.07) is 12.2. The van der Waals surface area contributed by atoms with E-state index in [-0.39, 0.29) is 12.4 Å². The van der Waals surface area contributed by atoms with Crippen LogP contribution in [0.25, 0.3) is 0 Å². The molecule has 0 atom stereocenters. The molecule has 0 saturated carbocycles. The summed E-state index contributed by atoms with van der Waals surface area (Å²) in [5.41, 5.74) is 2.90. The van der Waals surface area contributed by atoms with E-state index in [1.807, 2.05) is 24.3 Å². The van der Waals surface area contributed by atoms with Crippen LogP contribution in [-0.2, 0) is 13.0 Å². The highest BCUT2D eigenvalue weighted by molar-refractivity contribution is 6.31. The van der Waals surface area contributed by atoms with Crippen LogP contribution < -0.4 is 5.32 Å². The predicted molar refractivity (Wildman–Crippen MR) is 76.0 cm³/mol. The van der Waals surface area contributed by atoms with Crippen LogP contribution in [-0.4, -0.2) is 11.7 Å².